The molecule has 0 saturated carbocycles. The van der Waals surface area contributed by atoms with Gasteiger partial charge in [-0.15, -0.1) is 0 Å². The van der Waals surface area contributed by atoms with E-state index in [9.17, 15) is 0 Å². The van der Waals surface area contributed by atoms with Crippen LogP contribution in [0.4, 0.5) is 0 Å². The highest BCUT2D eigenvalue weighted by molar-refractivity contribution is 5.47. The first-order valence-electron chi connectivity index (χ1n) is 5.88. The number of ether oxygens (including phenoxy) is 2. The highest BCUT2D eigenvalue weighted by Crippen LogP contribution is 2.26. The van der Waals surface area contributed by atoms with Crippen LogP contribution in [0.1, 0.15) is 6.42 Å². The minimum Gasteiger partial charge on any atom is -0.361 e. The van der Waals surface area contributed by atoms with Crippen LogP contribution in [0.25, 0.3) is 0 Å². The summed E-state index contributed by atoms with van der Waals surface area (Å²) in [5.41, 5.74) is 2.22. The molecule has 17 heavy (non-hydrogen) atoms. The van der Waals surface area contributed by atoms with Crippen LogP contribution in [0.3, 0.4) is 0 Å². The number of fused-ring (bicyclic) bond motifs is 1. The van der Waals surface area contributed by atoms with E-state index in [1.165, 1.54) is 0 Å². The molecule has 0 unspecified atom stereocenters. The summed E-state index contributed by atoms with van der Waals surface area (Å²) in [5, 5.41) is 3.21. The zero-order valence-electron chi connectivity index (χ0n) is 9.56. The quantitative estimate of drug-likeness (QED) is 0.690. The second-order valence-corrected chi connectivity index (χ2v) is 4.17. The molecule has 3 aliphatic rings. The van der Waals surface area contributed by atoms with Gasteiger partial charge in [-0.2, -0.15) is 0 Å². The third-order valence-electron chi connectivity index (χ3n) is 2.95. The minimum absolute atomic E-state index is 0.678. The Hall–Kier alpha value is -1.58. The van der Waals surface area contributed by atoms with Crippen LogP contribution in [0.5, 0.6) is 0 Å². The number of hydrogen-bond donors (Lipinski definition) is 1. The van der Waals surface area contributed by atoms with Crippen LogP contribution in [-0.2, 0) is 9.47 Å². The SMILES string of the molecule is C1=CN/C2=C/C=C\C3(/C=C\C2=C1)OCCCO3. The summed E-state index contributed by atoms with van der Waals surface area (Å²) < 4.78 is 11.5. The molecule has 0 aromatic carbocycles. The molecular formula is C14H15NO2. The molecule has 2 heterocycles. The maximum absolute atomic E-state index is 5.73. The summed E-state index contributed by atoms with van der Waals surface area (Å²) >= 11 is 0. The predicted octanol–water partition coefficient (Wildman–Crippen LogP) is 2.17. The van der Waals surface area contributed by atoms with Crippen LogP contribution in [0.2, 0.25) is 0 Å². The first kappa shape index (κ1) is 10.6. The van der Waals surface area contributed by atoms with Gasteiger partial charge in [0.1, 0.15) is 0 Å². The van der Waals surface area contributed by atoms with Crippen molar-refractivity contribution in [3.05, 3.63) is 60.0 Å². The Morgan fingerprint density at radius 2 is 1.94 bits per heavy atom. The molecule has 3 heteroatoms. The van der Waals surface area contributed by atoms with E-state index in [1.54, 1.807) is 0 Å². The molecule has 0 atom stereocenters. The number of nitrogens with one attached hydrogen (secondary N) is 1. The summed E-state index contributed by atoms with van der Waals surface area (Å²) in [6.45, 7) is 1.48. The van der Waals surface area contributed by atoms with Crippen molar-refractivity contribution in [2.24, 2.45) is 0 Å². The van der Waals surface area contributed by atoms with Gasteiger partial charge < -0.3 is 14.8 Å². The molecule has 0 aromatic heterocycles. The van der Waals surface area contributed by atoms with Gasteiger partial charge in [-0.25, -0.2) is 0 Å². The molecular weight excluding hydrogens is 214 g/mol. The van der Waals surface area contributed by atoms with Gasteiger partial charge in [0.15, 0.2) is 0 Å². The van der Waals surface area contributed by atoms with Crippen LogP contribution in [0, 0.1) is 0 Å². The van der Waals surface area contributed by atoms with Crippen molar-refractivity contribution in [2.75, 3.05) is 13.2 Å². The van der Waals surface area contributed by atoms with Crippen LogP contribution < -0.4 is 5.32 Å². The van der Waals surface area contributed by atoms with Gasteiger partial charge in [-0.3, -0.25) is 0 Å². The van der Waals surface area contributed by atoms with Crippen molar-refractivity contribution in [2.45, 2.75) is 12.2 Å². The molecule has 1 fully saturated rings. The van der Waals surface area contributed by atoms with Gasteiger partial charge in [0.05, 0.1) is 13.2 Å². The lowest BCUT2D eigenvalue weighted by molar-refractivity contribution is -0.205. The van der Waals surface area contributed by atoms with Gasteiger partial charge in [-0.05, 0) is 36.3 Å². The molecule has 1 saturated heterocycles. The topological polar surface area (TPSA) is 30.5 Å². The first-order valence-corrected chi connectivity index (χ1v) is 5.88. The Bertz CT molecular complexity index is 449. The third kappa shape index (κ3) is 2.12. The second-order valence-electron chi connectivity index (χ2n) is 4.17. The molecule has 1 spiro atoms. The van der Waals surface area contributed by atoms with E-state index < -0.39 is 5.79 Å². The zero-order valence-corrected chi connectivity index (χ0v) is 9.56. The largest absolute Gasteiger partial charge is 0.361 e. The lowest BCUT2D eigenvalue weighted by atomic mass is 10.0. The normalized spacial score (nSPS) is 32.2. The van der Waals surface area contributed by atoms with Gasteiger partial charge in [-0.1, -0.05) is 18.2 Å². The molecule has 1 N–H and O–H groups in total. The summed E-state index contributed by atoms with van der Waals surface area (Å²) in [4.78, 5) is 0. The van der Waals surface area contributed by atoms with E-state index in [-0.39, 0.29) is 0 Å². The minimum atomic E-state index is -0.678. The lowest BCUT2D eigenvalue weighted by Gasteiger charge is -2.32. The van der Waals surface area contributed by atoms with E-state index >= 15 is 0 Å². The number of hydrogen-bond acceptors (Lipinski definition) is 3. The Kier molecular flexibility index (Phi) is 2.71. The number of rotatable bonds is 0. The van der Waals surface area contributed by atoms with Crippen molar-refractivity contribution in [1.82, 2.24) is 5.32 Å². The Labute approximate surface area is 101 Å². The second kappa shape index (κ2) is 4.35. The third-order valence-corrected chi connectivity index (χ3v) is 2.95. The predicted molar refractivity (Wildman–Crippen MR) is 66.0 cm³/mol. The van der Waals surface area contributed by atoms with Gasteiger partial charge in [0.25, 0.3) is 0 Å². The van der Waals surface area contributed by atoms with E-state index in [2.05, 4.69) is 11.4 Å². The molecule has 0 amide bonds. The van der Waals surface area contributed by atoms with Crippen molar-refractivity contribution in [3.63, 3.8) is 0 Å². The summed E-state index contributed by atoms with van der Waals surface area (Å²) in [5.74, 6) is -0.678. The molecule has 3 nitrogen and oxygen atoms in total. The number of dihydropyridines is 1. The highest BCUT2D eigenvalue weighted by Gasteiger charge is 2.29. The van der Waals surface area contributed by atoms with E-state index in [4.69, 9.17) is 9.47 Å². The monoisotopic (exact) mass is 229 g/mol. The zero-order chi connectivity index (χ0) is 11.6. The molecule has 0 radical (unpaired) electrons. The Balaban J connectivity index is 1.94. The van der Waals surface area contributed by atoms with E-state index in [0.717, 1.165) is 30.9 Å². The lowest BCUT2D eigenvalue weighted by Crippen LogP contribution is -2.37. The Morgan fingerprint density at radius 1 is 1.06 bits per heavy atom. The van der Waals surface area contributed by atoms with Crippen LogP contribution in [0.15, 0.2) is 60.0 Å². The van der Waals surface area contributed by atoms with Crippen LogP contribution in [-0.4, -0.2) is 19.0 Å². The van der Waals surface area contributed by atoms with Crippen molar-refractivity contribution in [1.29, 1.82) is 0 Å². The average molecular weight is 229 g/mol. The van der Waals surface area contributed by atoms with Crippen molar-refractivity contribution < 1.29 is 9.47 Å². The van der Waals surface area contributed by atoms with Gasteiger partial charge in [0.2, 0.25) is 5.79 Å². The maximum atomic E-state index is 5.73. The fourth-order valence-electron chi connectivity index (χ4n) is 2.05. The van der Waals surface area contributed by atoms with E-state index in [0.29, 0.717) is 0 Å². The molecule has 0 bridgehead atoms. The summed E-state index contributed by atoms with van der Waals surface area (Å²) in [6.07, 6.45) is 16.9. The first-order chi connectivity index (χ1) is 8.38. The van der Waals surface area contributed by atoms with Crippen molar-refractivity contribution >= 4 is 0 Å². The summed E-state index contributed by atoms with van der Waals surface area (Å²) in [7, 11) is 0. The molecule has 2 aliphatic heterocycles. The standard InChI is InChI=1S/C14H15NO2/c1-5-13-12(4-2-9-15-13)6-8-14(7-1)16-10-3-11-17-14/h1-2,4-9,15H,3,10-11H2/b7-1-,8-6-,13-5+. The smallest absolute Gasteiger partial charge is 0.208 e. The molecule has 0 aromatic rings. The molecule has 88 valence electrons. The van der Waals surface area contributed by atoms with Gasteiger partial charge >= 0.3 is 0 Å². The van der Waals surface area contributed by atoms with E-state index in [1.807, 2.05) is 42.7 Å². The number of allylic oxidation sites excluding steroid dienone is 5. The summed E-state index contributed by atoms with van der Waals surface area (Å²) in [6, 6.07) is 0. The maximum Gasteiger partial charge on any atom is 0.208 e. The average Bonchev–Trinajstić information content (AvgIpc) is 2.37. The fourth-order valence-corrected chi connectivity index (χ4v) is 2.05. The Morgan fingerprint density at radius 3 is 2.82 bits per heavy atom. The fraction of sp³-hybridized carbons (Fsp3) is 0.286. The van der Waals surface area contributed by atoms with Crippen molar-refractivity contribution in [3.8, 4) is 0 Å². The molecule has 3 rings (SSSR count). The highest BCUT2D eigenvalue weighted by atomic mass is 16.7. The van der Waals surface area contributed by atoms with Crippen LogP contribution >= 0.6 is 0 Å². The molecule has 1 aliphatic carbocycles. The van der Waals surface area contributed by atoms with Gasteiger partial charge in [0, 0.05) is 11.9 Å².